The fourth-order valence-corrected chi connectivity index (χ4v) is 1.59. The van der Waals surface area contributed by atoms with Crippen molar-refractivity contribution in [2.24, 2.45) is 11.8 Å². The lowest BCUT2D eigenvalue weighted by molar-refractivity contribution is 0.00668. The highest BCUT2D eigenvalue weighted by Crippen LogP contribution is 2.30. The van der Waals surface area contributed by atoms with E-state index in [9.17, 15) is 5.11 Å². The zero-order valence-corrected chi connectivity index (χ0v) is 6.92. The van der Waals surface area contributed by atoms with Crippen LogP contribution >= 0.6 is 0 Å². The Morgan fingerprint density at radius 1 is 1.60 bits per heavy atom. The van der Waals surface area contributed by atoms with Gasteiger partial charge in [-0.3, -0.25) is 0 Å². The van der Waals surface area contributed by atoms with Crippen molar-refractivity contribution in [1.29, 1.82) is 0 Å². The van der Waals surface area contributed by atoms with Gasteiger partial charge in [0.05, 0.1) is 18.8 Å². The quantitative estimate of drug-likeness (QED) is 0.596. The molecule has 10 heavy (non-hydrogen) atoms. The molecule has 0 aromatic rings. The van der Waals surface area contributed by atoms with Crippen LogP contribution in [0.3, 0.4) is 0 Å². The fraction of sp³-hybridized carbons (Fsp3) is 1.00. The van der Waals surface area contributed by atoms with Gasteiger partial charge in [0.1, 0.15) is 0 Å². The van der Waals surface area contributed by atoms with E-state index in [2.05, 4.69) is 13.8 Å². The SMILES string of the molecule is CC(C)C1COC[C@@]1(C)O. The topological polar surface area (TPSA) is 29.5 Å². The van der Waals surface area contributed by atoms with Gasteiger partial charge in [0.25, 0.3) is 0 Å². The van der Waals surface area contributed by atoms with Gasteiger partial charge in [0.2, 0.25) is 0 Å². The molecular weight excluding hydrogens is 128 g/mol. The predicted octanol–water partition coefficient (Wildman–Crippen LogP) is 1.04. The molecule has 2 atom stereocenters. The van der Waals surface area contributed by atoms with Crippen molar-refractivity contribution < 1.29 is 9.84 Å². The molecule has 0 amide bonds. The third-order valence-corrected chi connectivity index (χ3v) is 2.30. The molecule has 0 aliphatic carbocycles. The molecular formula is C8H16O2. The maximum Gasteiger partial charge on any atom is 0.0904 e. The molecule has 0 spiro atoms. The summed E-state index contributed by atoms with van der Waals surface area (Å²) in [5, 5.41) is 9.70. The summed E-state index contributed by atoms with van der Waals surface area (Å²) in [6.45, 7) is 7.30. The van der Waals surface area contributed by atoms with E-state index in [1.54, 1.807) is 0 Å². The Labute approximate surface area is 62.2 Å². The minimum Gasteiger partial charge on any atom is -0.387 e. The molecule has 1 rings (SSSR count). The van der Waals surface area contributed by atoms with Crippen molar-refractivity contribution in [1.82, 2.24) is 0 Å². The molecule has 0 bridgehead atoms. The highest BCUT2D eigenvalue weighted by molar-refractivity contribution is 4.88. The first-order valence-electron chi connectivity index (χ1n) is 3.84. The van der Waals surface area contributed by atoms with E-state index >= 15 is 0 Å². The van der Waals surface area contributed by atoms with Gasteiger partial charge in [-0.1, -0.05) is 13.8 Å². The van der Waals surface area contributed by atoms with Gasteiger partial charge < -0.3 is 9.84 Å². The first-order chi connectivity index (χ1) is 4.54. The molecule has 0 aromatic heterocycles. The summed E-state index contributed by atoms with van der Waals surface area (Å²) in [5.74, 6) is 0.824. The van der Waals surface area contributed by atoms with Gasteiger partial charge in [0, 0.05) is 5.92 Å². The Hall–Kier alpha value is -0.0800. The molecule has 0 aromatic carbocycles. The van der Waals surface area contributed by atoms with Crippen molar-refractivity contribution in [3.05, 3.63) is 0 Å². The number of hydrogen-bond acceptors (Lipinski definition) is 2. The highest BCUT2D eigenvalue weighted by Gasteiger charge is 2.39. The molecule has 1 saturated heterocycles. The van der Waals surface area contributed by atoms with E-state index < -0.39 is 5.60 Å². The Kier molecular flexibility index (Phi) is 2.02. The largest absolute Gasteiger partial charge is 0.387 e. The molecule has 60 valence electrons. The number of aliphatic hydroxyl groups is 1. The van der Waals surface area contributed by atoms with Crippen molar-refractivity contribution in [3.8, 4) is 0 Å². The van der Waals surface area contributed by atoms with Gasteiger partial charge in [0.15, 0.2) is 0 Å². The average molecular weight is 144 g/mol. The summed E-state index contributed by atoms with van der Waals surface area (Å²) in [6.07, 6.45) is 0. The van der Waals surface area contributed by atoms with Crippen molar-refractivity contribution in [3.63, 3.8) is 0 Å². The molecule has 1 N–H and O–H groups in total. The summed E-state index contributed by atoms with van der Waals surface area (Å²) >= 11 is 0. The minimum atomic E-state index is -0.589. The highest BCUT2D eigenvalue weighted by atomic mass is 16.5. The maximum absolute atomic E-state index is 9.70. The second-order valence-corrected chi connectivity index (χ2v) is 3.72. The van der Waals surface area contributed by atoms with Crippen molar-refractivity contribution in [2.75, 3.05) is 13.2 Å². The van der Waals surface area contributed by atoms with Crippen LogP contribution in [-0.2, 0) is 4.74 Å². The Balaban J connectivity index is 2.59. The second-order valence-electron chi connectivity index (χ2n) is 3.72. The molecule has 1 unspecified atom stereocenters. The van der Waals surface area contributed by atoms with Crippen LogP contribution < -0.4 is 0 Å². The van der Waals surface area contributed by atoms with E-state index in [4.69, 9.17) is 4.74 Å². The van der Waals surface area contributed by atoms with Crippen molar-refractivity contribution >= 4 is 0 Å². The summed E-state index contributed by atoms with van der Waals surface area (Å²) < 4.78 is 5.18. The summed E-state index contributed by atoms with van der Waals surface area (Å²) in [5.41, 5.74) is -0.589. The molecule has 1 aliphatic rings. The molecule has 2 heteroatoms. The summed E-state index contributed by atoms with van der Waals surface area (Å²) in [4.78, 5) is 0. The lowest BCUT2D eigenvalue weighted by Crippen LogP contribution is -2.36. The smallest absolute Gasteiger partial charge is 0.0904 e. The Bertz CT molecular complexity index is 118. The van der Waals surface area contributed by atoms with Crippen LogP contribution in [-0.4, -0.2) is 23.9 Å². The van der Waals surface area contributed by atoms with Crippen LogP contribution in [0.1, 0.15) is 20.8 Å². The molecule has 0 radical (unpaired) electrons. The van der Waals surface area contributed by atoms with Crippen LogP contribution in [0.25, 0.3) is 0 Å². The van der Waals surface area contributed by atoms with Crippen molar-refractivity contribution in [2.45, 2.75) is 26.4 Å². The summed E-state index contributed by atoms with van der Waals surface area (Å²) in [7, 11) is 0. The monoisotopic (exact) mass is 144 g/mol. The first kappa shape index (κ1) is 8.02. The standard InChI is InChI=1S/C8H16O2/c1-6(2)7-4-10-5-8(7,3)9/h6-7,9H,4-5H2,1-3H3/t7?,8-/m1/s1. The third-order valence-electron chi connectivity index (χ3n) is 2.30. The lowest BCUT2D eigenvalue weighted by atomic mass is 9.84. The lowest BCUT2D eigenvalue weighted by Gasteiger charge is -2.25. The van der Waals surface area contributed by atoms with Crippen LogP contribution in [0, 0.1) is 11.8 Å². The third kappa shape index (κ3) is 1.32. The van der Waals surface area contributed by atoms with Crippen LogP contribution in [0.4, 0.5) is 0 Å². The predicted molar refractivity (Wildman–Crippen MR) is 39.8 cm³/mol. The normalized spacial score (nSPS) is 41.1. The average Bonchev–Trinajstić information content (AvgIpc) is 2.08. The van der Waals surface area contributed by atoms with Crippen LogP contribution in [0.5, 0.6) is 0 Å². The zero-order valence-electron chi connectivity index (χ0n) is 6.92. The summed E-state index contributed by atoms with van der Waals surface area (Å²) in [6, 6.07) is 0. The van der Waals surface area contributed by atoms with E-state index in [0.717, 1.165) is 0 Å². The van der Waals surface area contributed by atoms with Crippen LogP contribution in [0.2, 0.25) is 0 Å². The number of hydrogen-bond donors (Lipinski definition) is 1. The van der Waals surface area contributed by atoms with Gasteiger partial charge in [-0.15, -0.1) is 0 Å². The number of ether oxygens (including phenoxy) is 1. The minimum absolute atomic E-state index is 0.312. The van der Waals surface area contributed by atoms with Gasteiger partial charge >= 0.3 is 0 Å². The van der Waals surface area contributed by atoms with Crippen LogP contribution in [0.15, 0.2) is 0 Å². The fourth-order valence-electron chi connectivity index (χ4n) is 1.59. The first-order valence-corrected chi connectivity index (χ1v) is 3.84. The maximum atomic E-state index is 9.70. The van der Waals surface area contributed by atoms with Gasteiger partial charge in [-0.2, -0.15) is 0 Å². The van der Waals surface area contributed by atoms with Gasteiger partial charge in [-0.05, 0) is 12.8 Å². The van der Waals surface area contributed by atoms with Gasteiger partial charge in [-0.25, -0.2) is 0 Å². The molecule has 1 aliphatic heterocycles. The molecule has 2 nitrogen and oxygen atoms in total. The van der Waals surface area contributed by atoms with E-state index in [-0.39, 0.29) is 0 Å². The molecule has 1 heterocycles. The van der Waals surface area contributed by atoms with E-state index in [0.29, 0.717) is 25.0 Å². The second kappa shape index (κ2) is 2.51. The zero-order chi connectivity index (χ0) is 7.78. The van der Waals surface area contributed by atoms with E-state index in [1.807, 2.05) is 6.92 Å². The number of rotatable bonds is 1. The van der Waals surface area contributed by atoms with E-state index in [1.165, 1.54) is 0 Å². The molecule has 0 saturated carbocycles. The Morgan fingerprint density at radius 2 is 2.20 bits per heavy atom. The molecule has 1 fully saturated rings. The Morgan fingerprint density at radius 3 is 2.40 bits per heavy atom.